The minimum Gasteiger partial charge on any atom is -0.309 e. The Morgan fingerprint density at radius 2 is 1.00 bits per heavy atom. The number of pyridine rings is 1. The average Bonchev–Trinajstić information content (AvgIpc) is 3.69. The van der Waals surface area contributed by atoms with Crippen LogP contribution in [0, 0.1) is 0 Å². The van der Waals surface area contributed by atoms with Gasteiger partial charge in [0, 0.05) is 38.3 Å². The summed E-state index contributed by atoms with van der Waals surface area (Å²) < 4.78 is 4.77. The van der Waals surface area contributed by atoms with E-state index in [0.717, 1.165) is 46.0 Å². The maximum Gasteiger partial charge on any atom is 0.197 e. The minimum atomic E-state index is -0.206. The number of aromatic nitrogens is 2. The number of para-hydroxylation sites is 3. The number of nitrogens with zero attached hydrogens (tertiary/aromatic N) is 2. The highest BCUT2D eigenvalue weighted by Gasteiger charge is 2.42. The lowest BCUT2D eigenvalue weighted by atomic mass is 9.76. The van der Waals surface area contributed by atoms with Crippen molar-refractivity contribution in [1.29, 1.82) is 0 Å². The van der Waals surface area contributed by atoms with Crippen molar-refractivity contribution in [3.63, 3.8) is 0 Å². The van der Waals surface area contributed by atoms with Crippen LogP contribution in [0.5, 0.6) is 0 Å². The van der Waals surface area contributed by atoms with E-state index in [1.165, 1.54) is 77.1 Å². The summed E-state index contributed by atoms with van der Waals surface area (Å²) in [4.78, 5) is 13.6. The van der Waals surface area contributed by atoms with Crippen molar-refractivity contribution in [2.75, 3.05) is 0 Å². The predicted molar refractivity (Wildman–Crippen MR) is 229 cm³/mol. The molecule has 0 unspecified atom stereocenters. The molecule has 0 N–H and O–H groups in total. The molecule has 0 spiro atoms. The molecule has 0 saturated carbocycles. The first-order valence-corrected chi connectivity index (χ1v) is 19.3. The summed E-state index contributed by atoms with van der Waals surface area (Å²) in [5.74, 6) is 0. The summed E-state index contributed by atoms with van der Waals surface area (Å²) in [5.41, 5.74) is 17.8. The maximum atomic E-state index is 13.6. The van der Waals surface area contributed by atoms with Gasteiger partial charge >= 0.3 is 0 Å². The number of rotatable bonds is 2. The third-order valence-electron chi connectivity index (χ3n) is 12.8. The molecule has 3 nitrogen and oxygen atoms in total. The van der Waals surface area contributed by atoms with E-state index in [9.17, 15) is 4.79 Å². The molecule has 12 rings (SSSR count). The lowest BCUT2D eigenvalue weighted by Crippen LogP contribution is -2.18. The van der Waals surface area contributed by atoms with Gasteiger partial charge in [0.2, 0.25) is 0 Å². The van der Waals surface area contributed by atoms with Crippen LogP contribution >= 0.6 is 0 Å². The standard InChI is InChI=1S/C52H36N2O/c1-52(2)43-19-9-5-15-37(43)47-41-29-33-27-31-13-3-4-14-32(31)28-34(33)30-42(41)48-38-16-6-10-20-44(38)54(50(48)49(47)52)36-25-23-35(24-26-36)53-45-21-11-7-17-39(45)51(55)40-18-8-12-22-46(40)53/h3-28H,29-30H2,1-2H3. The van der Waals surface area contributed by atoms with E-state index in [1.807, 2.05) is 36.4 Å². The molecule has 2 heterocycles. The Labute approximate surface area is 318 Å². The Bertz CT molecular complexity index is 3300. The van der Waals surface area contributed by atoms with Gasteiger partial charge in [-0.2, -0.15) is 0 Å². The van der Waals surface area contributed by atoms with Crippen LogP contribution in [-0.2, 0) is 18.3 Å². The van der Waals surface area contributed by atoms with Crippen LogP contribution in [0.2, 0.25) is 0 Å². The van der Waals surface area contributed by atoms with Gasteiger partial charge in [-0.25, -0.2) is 0 Å². The summed E-state index contributed by atoms with van der Waals surface area (Å²) in [6.07, 6.45) is 1.83. The number of hydrogen-bond donors (Lipinski definition) is 0. The third-order valence-corrected chi connectivity index (χ3v) is 12.8. The second-order valence-electron chi connectivity index (χ2n) is 16.0. The van der Waals surface area contributed by atoms with Crippen LogP contribution < -0.4 is 5.43 Å². The fourth-order valence-electron chi connectivity index (χ4n) is 10.4. The van der Waals surface area contributed by atoms with E-state index in [4.69, 9.17) is 0 Å². The first-order valence-electron chi connectivity index (χ1n) is 19.3. The molecule has 2 aliphatic rings. The Morgan fingerprint density at radius 3 is 1.64 bits per heavy atom. The molecule has 0 bridgehead atoms. The van der Waals surface area contributed by atoms with Crippen molar-refractivity contribution in [3.8, 4) is 22.5 Å². The zero-order valence-corrected chi connectivity index (χ0v) is 30.7. The van der Waals surface area contributed by atoms with E-state index in [2.05, 4.69) is 144 Å². The first-order chi connectivity index (χ1) is 27.0. The zero-order chi connectivity index (χ0) is 36.6. The highest BCUT2D eigenvalue weighted by Crippen LogP contribution is 2.57. The maximum absolute atomic E-state index is 13.6. The van der Waals surface area contributed by atoms with Crippen LogP contribution in [-0.4, -0.2) is 9.13 Å². The van der Waals surface area contributed by atoms with Gasteiger partial charge in [0.25, 0.3) is 0 Å². The second kappa shape index (κ2) is 10.9. The van der Waals surface area contributed by atoms with E-state index in [0.29, 0.717) is 0 Å². The van der Waals surface area contributed by atoms with Crippen LogP contribution in [0.4, 0.5) is 0 Å². The summed E-state index contributed by atoms with van der Waals surface area (Å²) in [7, 11) is 0. The molecule has 2 aromatic heterocycles. The molecule has 0 radical (unpaired) electrons. The average molecular weight is 705 g/mol. The quantitative estimate of drug-likeness (QED) is 0.165. The normalized spacial score (nSPS) is 14.1. The largest absolute Gasteiger partial charge is 0.309 e. The van der Waals surface area contributed by atoms with E-state index in [-0.39, 0.29) is 10.8 Å². The lowest BCUT2D eigenvalue weighted by molar-refractivity contribution is 0.663. The molecule has 0 aliphatic heterocycles. The Morgan fingerprint density at radius 1 is 0.509 bits per heavy atom. The Balaban J connectivity index is 1.16. The van der Waals surface area contributed by atoms with E-state index < -0.39 is 0 Å². The van der Waals surface area contributed by atoms with Gasteiger partial charge in [-0.1, -0.05) is 117 Å². The molecule has 0 amide bonds. The van der Waals surface area contributed by atoms with E-state index >= 15 is 0 Å². The molecule has 3 heteroatoms. The Kier molecular flexibility index (Phi) is 6.10. The molecular formula is C52H36N2O. The molecule has 8 aromatic carbocycles. The lowest BCUT2D eigenvalue weighted by Gasteiger charge is -2.28. The van der Waals surface area contributed by atoms with Gasteiger partial charge in [0.05, 0.1) is 22.1 Å². The number of fused-ring (bicyclic) bond motifs is 14. The van der Waals surface area contributed by atoms with Crippen LogP contribution in [0.25, 0.3) is 76.9 Å². The highest BCUT2D eigenvalue weighted by atomic mass is 16.1. The number of benzene rings is 8. The van der Waals surface area contributed by atoms with Crippen LogP contribution in [0.3, 0.4) is 0 Å². The van der Waals surface area contributed by atoms with Gasteiger partial charge in [0.1, 0.15) is 0 Å². The van der Waals surface area contributed by atoms with Crippen LogP contribution in [0.15, 0.2) is 163 Å². The molecule has 55 heavy (non-hydrogen) atoms. The van der Waals surface area contributed by atoms with Gasteiger partial charge < -0.3 is 9.13 Å². The van der Waals surface area contributed by atoms with Gasteiger partial charge in [-0.15, -0.1) is 0 Å². The monoisotopic (exact) mass is 704 g/mol. The van der Waals surface area contributed by atoms with Crippen molar-refractivity contribution in [1.82, 2.24) is 9.13 Å². The molecule has 0 atom stereocenters. The zero-order valence-electron chi connectivity index (χ0n) is 30.7. The van der Waals surface area contributed by atoms with E-state index in [1.54, 1.807) is 0 Å². The highest BCUT2D eigenvalue weighted by molar-refractivity contribution is 6.16. The van der Waals surface area contributed by atoms with Crippen molar-refractivity contribution in [3.05, 3.63) is 201 Å². The summed E-state index contributed by atoms with van der Waals surface area (Å²) in [5, 5.41) is 6.75. The molecule has 2 aliphatic carbocycles. The smallest absolute Gasteiger partial charge is 0.197 e. The minimum absolute atomic E-state index is 0.0703. The van der Waals surface area contributed by atoms with Crippen molar-refractivity contribution in [2.45, 2.75) is 32.1 Å². The second-order valence-corrected chi connectivity index (χ2v) is 16.0. The molecule has 0 saturated heterocycles. The summed E-state index contributed by atoms with van der Waals surface area (Å²) in [6, 6.07) is 56.7. The SMILES string of the molecule is CC1(C)c2ccccc2-c2c3c(c4c5ccccc5n(-c5ccc(-n6c7ccccc7c(=O)c7ccccc76)cc5)c4c21)Cc1cc2ccccc2cc1C3. The fraction of sp³-hybridized carbons (Fsp3) is 0.0962. The predicted octanol–water partition coefficient (Wildman–Crippen LogP) is 12.2. The summed E-state index contributed by atoms with van der Waals surface area (Å²) >= 11 is 0. The topological polar surface area (TPSA) is 26.9 Å². The van der Waals surface area contributed by atoms with Crippen molar-refractivity contribution < 1.29 is 0 Å². The number of hydrogen-bond acceptors (Lipinski definition) is 1. The fourth-order valence-corrected chi connectivity index (χ4v) is 10.4. The van der Waals surface area contributed by atoms with Gasteiger partial charge in [-0.3, -0.25) is 4.79 Å². The third kappa shape index (κ3) is 4.07. The Hall–Kier alpha value is -6.71. The van der Waals surface area contributed by atoms with Crippen molar-refractivity contribution >= 4 is 54.4 Å². The molecule has 0 fully saturated rings. The van der Waals surface area contributed by atoms with Crippen LogP contribution in [0.1, 0.15) is 47.2 Å². The summed E-state index contributed by atoms with van der Waals surface area (Å²) in [6.45, 7) is 4.84. The molecule has 10 aromatic rings. The first kappa shape index (κ1) is 30.7. The molecule has 260 valence electrons. The van der Waals surface area contributed by atoms with Gasteiger partial charge in [0.15, 0.2) is 5.43 Å². The molecular weight excluding hydrogens is 669 g/mol. The van der Waals surface area contributed by atoms with Gasteiger partial charge in [-0.05, 0) is 123 Å². The van der Waals surface area contributed by atoms with Crippen molar-refractivity contribution in [2.24, 2.45) is 0 Å².